The van der Waals surface area contributed by atoms with Gasteiger partial charge in [-0.2, -0.15) is 11.8 Å². The molecule has 0 aliphatic heterocycles. The van der Waals surface area contributed by atoms with E-state index in [-0.39, 0.29) is 5.97 Å². The number of carbonyl (C=O) groups excluding carboxylic acids is 1. The summed E-state index contributed by atoms with van der Waals surface area (Å²) in [5.41, 5.74) is 5.68. The molecule has 0 amide bonds. The van der Waals surface area contributed by atoms with Crippen LogP contribution in [0.5, 0.6) is 0 Å². The van der Waals surface area contributed by atoms with Gasteiger partial charge in [0.15, 0.2) is 0 Å². The topological polar surface area (TPSA) is 52.3 Å². The van der Waals surface area contributed by atoms with E-state index in [0.717, 1.165) is 18.6 Å². The largest absolute Gasteiger partial charge is 0.465 e. The van der Waals surface area contributed by atoms with Gasteiger partial charge in [-0.15, -0.1) is 0 Å². The molecular formula is C12H25NO2S. The van der Waals surface area contributed by atoms with Crippen LogP contribution in [-0.2, 0) is 9.53 Å². The Morgan fingerprint density at radius 2 is 2.00 bits per heavy atom. The molecule has 4 heteroatoms. The molecule has 2 N–H and O–H groups in total. The first-order valence-electron chi connectivity index (χ1n) is 6.13. The van der Waals surface area contributed by atoms with E-state index in [1.165, 1.54) is 19.3 Å². The van der Waals surface area contributed by atoms with Crippen molar-refractivity contribution in [3.05, 3.63) is 0 Å². The maximum absolute atomic E-state index is 11.4. The van der Waals surface area contributed by atoms with Crippen molar-refractivity contribution in [2.24, 2.45) is 5.73 Å². The minimum absolute atomic E-state index is 0.246. The molecule has 0 radical (unpaired) electrons. The van der Waals surface area contributed by atoms with Crippen molar-refractivity contribution in [3.63, 3.8) is 0 Å². The number of thioether (sulfide) groups is 1. The zero-order valence-corrected chi connectivity index (χ0v) is 11.4. The van der Waals surface area contributed by atoms with Crippen LogP contribution >= 0.6 is 11.8 Å². The first kappa shape index (κ1) is 15.8. The Hall–Kier alpha value is -0.220. The molecule has 3 nitrogen and oxygen atoms in total. The van der Waals surface area contributed by atoms with Crippen molar-refractivity contribution >= 4 is 17.7 Å². The van der Waals surface area contributed by atoms with Crippen molar-refractivity contribution in [1.82, 2.24) is 0 Å². The summed E-state index contributed by atoms with van der Waals surface area (Å²) in [6, 6.07) is -0.442. The van der Waals surface area contributed by atoms with Gasteiger partial charge in [-0.3, -0.25) is 4.79 Å². The van der Waals surface area contributed by atoms with Crippen LogP contribution in [0.15, 0.2) is 0 Å². The van der Waals surface area contributed by atoms with E-state index < -0.39 is 6.04 Å². The lowest BCUT2D eigenvalue weighted by Crippen LogP contribution is -2.33. The fraction of sp³-hybridized carbons (Fsp3) is 0.917. The van der Waals surface area contributed by atoms with Gasteiger partial charge in [0.2, 0.25) is 0 Å². The average molecular weight is 247 g/mol. The zero-order chi connectivity index (χ0) is 12.2. The fourth-order valence-electron chi connectivity index (χ4n) is 1.35. The Balaban J connectivity index is 3.35. The van der Waals surface area contributed by atoms with Gasteiger partial charge in [-0.1, -0.05) is 32.6 Å². The van der Waals surface area contributed by atoms with Gasteiger partial charge in [0.1, 0.15) is 6.04 Å². The van der Waals surface area contributed by atoms with Gasteiger partial charge in [-0.05, 0) is 24.9 Å². The van der Waals surface area contributed by atoms with Crippen LogP contribution in [-0.4, -0.2) is 30.6 Å². The molecule has 0 rings (SSSR count). The first-order chi connectivity index (χ1) is 7.72. The molecule has 0 saturated heterocycles. The number of ether oxygens (including phenoxy) is 1. The third-order valence-corrected chi connectivity index (χ3v) is 3.07. The zero-order valence-electron chi connectivity index (χ0n) is 10.5. The summed E-state index contributed by atoms with van der Waals surface area (Å²) < 4.78 is 5.11. The Morgan fingerprint density at radius 1 is 1.31 bits per heavy atom. The quantitative estimate of drug-likeness (QED) is 0.476. The summed E-state index contributed by atoms with van der Waals surface area (Å²) in [7, 11) is 0. The molecule has 0 aromatic heterocycles. The summed E-state index contributed by atoms with van der Waals surface area (Å²) in [6.07, 6.45) is 8.54. The number of carbonyl (C=O) groups is 1. The molecule has 0 bridgehead atoms. The van der Waals surface area contributed by atoms with E-state index in [4.69, 9.17) is 10.5 Å². The van der Waals surface area contributed by atoms with E-state index in [9.17, 15) is 4.79 Å². The summed E-state index contributed by atoms with van der Waals surface area (Å²) in [5.74, 6) is 0.664. The van der Waals surface area contributed by atoms with Gasteiger partial charge in [0.05, 0.1) is 6.61 Å². The first-order valence-corrected chi connectivity index (χ1v) is 7.53. The van der Waals surface area contributed by atoms with E-state index in [1.54, 1.807) is 11.8 Å². The van der Waals surface area contributed by atoms with Crippen molar-refractivity contribution in [2.45, 2.75) is 51.5 Å². The lowest BCUT2D eigenvalue weighted by Gasteiger charge is -2.10. The third-order valence-electron chi connectivity index (χ3n) is 2.43. The van der Waals surface area contributed by atoms with Crippen molar-refractivity contribution < 1.29 is 9.53 Å². The molecule has 0 spiro atoms. The number of esters is 1. The second-order valence-corrected chi connectivity index (χ2v) is 4.96. The smallest absolute Gasteiger partial charge is 0.322 e. The minimum Gasteiger partial charge on any atom is -0.465 e. The van der Waals surface area contributed by atoms with E-state index in [2.05, 4.69) is 6.92 Å². The normalized spacial score (nSPS) is 12.4. The number of nitrogens with two attached hydrogens (primary N) is 1. The standard InChI is InChI=1S/C12H25NO2S/c1-3-4-5-6-7-9-15-12(14)11(13)8-10-16-2/h11H,3-10,13H2,1-2H3. The number of rotatable bonds is 10. The van der Waals surface area contributed by atoms with Crippen LogP contribution in [0.25, 0.3) is 0 Å². The highest BCUT2D eigenvalue weighted by molar-refractivity contribution is 7.98. The number of unbranched alkanes of at least 4 members (excludes halogenated alkanes) is 4. The van der Waals surface area contributed by atoms with Crippen molar-refractivity contribution in [3.8, 4) is 0 Å². The van der Waals surface area contributed by atoms with Crippen LogP contribution in [0.1, 0.15) is 45.4 Å². The molecule has 0 aromatic rings. The molecule has 16 heavy (non-hydrogen) atoms. The SMILES string of the molecule is CCCCCCCOC(=O)C(N)CCSC. The van der Waals surface area contributed by atoms with E-state index >= 15 is 0 Å². The lowest BCUT2D eigenvalue weighted by molar-refractivity contribution is -0.145. The van der Waals surface area contributed by atoms with Crippen LogP contribution in [0.4, 0.5) is 0 Å². The molecule has 0 aliphatic rings. The van der Waals surface area contributed by atoms with Crippen LogP contribution in [0.2, 0.25) is 0 Å². The molecule has 0 saturated carbocycles. The highest BCUT2D eigenvalue weighted by Gasteiger charge is 2.13. The molecule has 0 aliphatic carbocycles. The fourth-order valence-corrected chi connectivity index (χ4v) is 1.84. The highest BCUT2D eigenvalue weighted by atomic mass is 32.2. The Labute approximate surface area is 103 Å². The molecule has 96 valence electrons. The molecule has 0 heterocycles. The number of hydrogen-bond donors (Lipinski definition) is 1. The Bertz CT molecular complexity index is 176. The second-order valence-electron chi connectivity index (χ2n) is 3.97. The van der Waals surface area contributed by atoms with E-state index in [0.29, 0.717) is 13.0 Å². The monoisotopic (exact) mass is 247 g/mol. The molecular weight excluding hydrogens is 222 g/mol. The summed E-state index contributed by atoms with van der Waals surface area (Å²) in [6.45, 7) is 2.71. The van der Waals surface area contributed by atoms with Crippen LogP contribution in [0.3, 0.4) is 0 Å². The maximum Gasteiger partial charge on any atom is 0.322 e. The van der Waals surface area contributed by atoms with Crippen molar-refractivity contribution in [2.75, 3.05) is 18.6 Å². The maximum atomic E-state index is 11.4. The molecule has 1 atom stereocenters. The van der Waals surface area contributed by atoms with Gasteiger partial charge in [0, 0.05) is 0 Å². The highest BCUT2D eigenvalue weighted by Crippen LogP contribution is 2.04. The average Bonchev–Trinajstić information content (AvgIpc) is 2.30. The molecule has 1 unspecified atom stereocenters. The van der Waals surface area contributed by atoms with Crippen molar-refractivity contribution in [1.29, 1.82) is 0 Å². The van der Waals surface area contributed by atoms with Gasteiger partial charge in [0.25, 0.3) is 0 Å². The molecule has 0 fully saturated rings. The van der Waals surface area contributed by atoms with Crippen LogP contribution < -0.4 is 5.73 Å². The van der Waals surface area contributed by atoms with Gasteiger partial charge >= 0.3 is 5.97 Å². The van der Waals surface area contributed by atoms with E-state index in [1.807, 2.05) is 6.26 Å². The van der Waals surface area contributed by atoms with Crippen LogP contribution in [0, 0.1) is 0 Å². The lowest BCUT2D eigenvalue weighted by atomic mass is 10.2. The summed E-state index contributed by atoms with van der Waals surface area (Å²) in [4.78, 5) is 11.4. The Kier molecular flexibility index (Phi) is 11.1. The molecule has 0 aromatic carbocycles. The minimum atomic E-state index is -0.442. The van der Waals surface area contributed by atoms with Gasteiger partial charge in [-0.25, -0.2) is 0 Å². The Morgan fingerprint density at radius 3 is 2.62 bits per heavy atom. The third kappa shape index (κ3) is 9.04. The second kappa shape index (κ2) is 11.3. The number of hydrogen-bond acceptors (Lipinski definition) is 4. The predicted molar refractivity (Wildman–Crippen MR) is 70.7 cm³/mol. The van der Waals surface area contributed by atoms with Gasteiger partial charge < -0.3 is 10.5 Å². The predicted octanol–water partition coefficient (Wildman–Crippen LogP) is 2.58. The summed E-state index contributed by atoms with van der Waals surface area (Å²) in [5, 5.41) is 0. The summed E-state index contributed by atoms with van der Waals surface area (Å²) >= 11 is 1.70.